The molecule has 17 heavy (non-hydrogen) atoms. The Morgan fingerprint density at radius 2 is 2.12 bits per heavy atom. The van der Waals surface area contributed by atoms with Gasteiger partial charge in [0.2, 0.25) is 0 Å². The van der Waals surface area contributed by atoms with Gasteiger partial charge >= 0.3 is 0 Å². The van der Waals surface area contributed by atoms with E-state index in [-0.39, 0.29) is 0 Å². The summed E-state index contributed by atoms with van der Waals surface area (Å²) in [7, 11) is 2.14. The Morgan fingerprint density at radius 3 is 2.71 bits per heavy atom. The Bertz CT molecular complexity index is 438. The van der Waals surface area contributed by atoms with Crippen molar-refractivity contribution in [2.24, 2.45) is 0 Å². The molecule has 0 radical (unpaired) electrons. The van der Waals surface area contributed by atoms with Crippen LogP contribution in [0.25, 0.3) is 5.57 Å². The molecule has 0 fully saturated rings. The highest BCUT2D eigenvalue weighted by Gasteiger charge is 2.13. The zero-order valence-corrected chi connectivity index (χ0v) is 11.5. The van der Waals surface area contributed by atoms with Crippen LogP contribution in [0.1, 0.15) is 37.4 Å². The first-order valence-electron chi connectivity index (χ1n) is 6.11. The third kappa shape index (κ3) is 3.08. The van der Waals surface area contributed by atoms with E-state index in [9.17, 15) is 0 Å². The lowest BCUT2D eigenvalue weighted by atomic mass is 9.99. The maximum Gasteiger partial charge on any atom is 0.130 e. The third-order valence-corrected chi connectivity index (χ3v) is 3.42. The van der Waals surface area contributed by atoms with Gasteiger partial charge < -0.3 is 4.90 Å². The molecule has 3 heteroatoms. The molecule has 0 amide bonds. The SMILES string of the molecule is CC(C)c1cc(Cl)nc(C2=CCN(C)CC2)c1. The first-order chi connectivity index (χ1) is 8.06. The van der Waals surface area contributed by atoms with Crippen molar-refractivity contribution in [1.82, 2.24) is 9.88 Å². The van der Waals surface area contributed by atoms with Gasteiger partial charge in [-0.15, -0.1) is 0 Å². The van der Waals surface area contributed by atoms with Crippen molar-refractivity contribution >= 4 is 17.2 Å². The maximum absolute atomic E-state index is 6.09. The standard InChI is InChI=1S/C14H19ClN2/c1-10(2)12-8-13(16-14(15)9-12)11-4-6-17(3)7-5-11/h4,8-10H,5-7H2,1-3H3. The average Bonchev–Trinajstić information content (AvgIpc) is 2.29. The summed E-state index contributed by atoms with van der Waals surface area (Å²) in [6.45, 7) is 6.45. The van der Waals surface area contributed by atoms with Gasteiger partial charge in [-0.05, 0) is 42.7 Å². The van der Waals surface area contributed by atoms with Crippen LogP contribution < -0.4 is 0 Å². The van der Waals surface area contributed by atoms with Gasteiger partial charge in [0.05, 0.1) is 5.69 Å². The van der Waals surface area contributed by atoms with Crippen LogP contribution in [0.5, 0.6) is 0 Å². The smallest absolute Gasteiger partial charge is 0.130 e. The summed E-state index contributed by atoms with van der Waals surface area (Å²) in [4.78, 5) is 6.75. The lowest BCUT2D eigenvalue weighted by Crippen LogP contribution is -2.23. The van der Waals surface area contributed by atoms with Crippen molar-refractivity contribution in [2.45, 2.75) is 26.2 Å². The highest BCUT2D eigenvalue weighted by Crippen LogP contribution is 2.25. The van der Waals surface area contributed by atoms with E-state index in [4.69, 9.17) is 11.6 Å². The summed E-state index contributed by atoms with van der Waals surface area (Å²) in [6.07, 6.45) is 3.31. The summed E-state index contributed by atoms with van der Waals surface area (Å²) < 4.78 is 0. The monoisotopic (exact) mass is 250 g/mol. The minimum atomic E-state index is 0.487. The molecule has 92 valence electrons. The number of halogens is 1. The van der Waals surface area contributed by atoms with Crippen LogP contribution in [-0.2, 0) is 0 Å². The molecule has 1 aliphatic heterocycles. The second-order valence-corrected chi connectivity index (χ2v) is 5.39. The highest BCUT2D eigenvalue weighted by atomic mass is 35.5. The molecule has 2 rings (SSSR count). The number of hydrogen-bond donors (Lipinski definition) is 0. The molecule has 1 aromatic heterocycles. The van der Waals surface area contributed by atoms with E-state index in [0.29, 0.717) is 11.1 Å². The van der Waals surface area contributed by atoms with Crippen LogP contribution in [0.15, 0.2) is 18.2 Å². The van der Waals surface area contributed by atoms with E-state index >= 15 is 0 Å². The molecule has 0 unspecified atom stereocenters. The Labute approximate surface area is 108 Å². The number of likely N-dealkylation sites (N-methyl/N-ethyl adjacent to an activating group) is 1. The predicted molar refractivity (Wildman–Crippen MR) is 73.4 cm³/mol. The minimum Gasteiger partial charge on any atom is -0.302 e. The number of rotatable bonds is 2. The fraction of sp³-hybridized carbons (Fsp3) is 0.500. The summed E-state index contributed by atoms with van der Waals surface area (Å²) >= 11 is 6.09. The summed E-state index contributed by atoms with van der Waals surface area (Å²) in [5.74, 6) is 0.487. The summed E-state index contributed by atoms with van der Waals surface area (Å²) in [5, 5.41) is 0.603. The molecule has 2 heterocycles. The number of pyridine rings is 1. The van der Waals surface area contributed by atoms with E-state index in [1.807, 2.05) is 6.07 Å². The van der Waals surface area contributed by atoms with Gasteiger partial charge in [-0.2, -0.15) is 0 Å². The average molecular weight is 251 g/mol. The van der Waals surface area contributed by atoms with Crippen LogP contribution >= 0.6 is 11.6 Å². The minimum absolute atomic E-state index is 0.487. The number of nitrogens with zero attached hydrogens (tertiary/aromatic N) is 2. The maximum atomic E-state index is 6.09. The highest BCUT2D eigenvalue weighted by molar-refractivity contribution is 6.29. The van der Waals surface area contributed by atoms with Gasteiger partial charge in [0.25, 0.3) is 0 Å². The van der Waals surface area contributed by atoms with Crippen molar-refractivity contribution < 1.29 is 0 Å². The van der Waals surface area contributed by atoms with Crippen LogP contribution in [-0.4, -0.2) is 30.0 Å². The fourth-order valence-corrected chi connectivity index (χ4v) is 2.23. The van der Waals surface area contributed by atoms with Crippen LogP contribution in [0.3, 0.4) is 0 Å². The summed E-state index contributed by atoms with van der Waals surface area (Å²) in [5.41, 5.74) is 3.64. The van der Waals surface area contributed by atoms with Crippen molar-refractivity contribution in [2.75, 3.05) is 20.1 Å². The molecule has 0 bridgehead atoms. The molecule has 0 aromatic carbocycles. The van der Waals surface area contributed by atoms with Gasteiger partial charge in [-0.25, -0.2) is 4.98 Å². The molecule has 0 saturated heterocycles. The molecular weight excluding hydrogens is 232 g/mol. The molecule has 0 atom stereocenters. The van der Waals surface area contributed by atoms with Gasteiger partial charge in [0.15, 0.2) is 0 Å². The molecule has 0 saturated carbocycles. The fourth-order valence-electron chi connectivity index (χ4n) is 2.02. The lowest BCUT2D eigenvalue weighted by Gasteiger charge is -2.22. The van der Waals surface area contributed by atoms with Gasteiger partial charge in [0.1, 0.15) is 5.15 Å². The topological polar surface area (TPSA) is 16.1 Å². The molecule has 0 aliphatic carbocycles. The van der Waals surface area contributed by atoms with Crippen molar-refractivity contribution in [1.29, 1.82) is 0 Å². The number of hydrogen-bond acceptors (Lipinski definition) is 2. The normalized spacial score (nSPS) is 17.4. The quantitative estimate of drug-likeness (QED) is 0.746. The first-order valence-corrected chi connectivity index (χ1v) is 6.49. The first kappa shape index (κ1) is 12.6. The molecule has 2 nitrogen and oxygen atoms in total. The zero-order chi connectivity index (χ0) is 12.4. The molecule has 0 N–H and O–H groups in total. The van der Waals surface area contributed by atoms with Gasteiger partial charge in [0, 0.05) is 13.1 Å². The van der Waals surface area contributed by atoms with Crippen LogP contribution in [0, 0.1) is 0 Å². The lowest BCUT2D eigenvalue weighted by molar-refractivity contribution is 0.369. The molecule has 0 spiro atoms. The molecule has 1 aliphatic rings. The van der Waals surface area contributed by atoms with E-state index in [1.54, 1.807) is 0 Å². The van der Waals surface area contributed by atoms with Gasteiger partial charge in [-0.3, -0.25) is 0 Å². The summed E-state index contributed by atoms with van der Waals surface area (Å²) in [6, 6.07) is 4.14. The predicted octanol–water partition coefficient (Wildman–Crippen LogP) is 3.58. The van der Waals surface area contributed by atoms with E-state index < -0.39 is 0 Å². The Balaban J connectivity index is 2.32. The van der Waals surface area contributed by atoms with Crippen molar-refractivity contribution in [3.8, 4) is 0 Å². The largest absolute Gasteiger partial charge is 0.302 e. The van der Waals surface area contributed by atoms with Gasteiger partial charge in [-0.1, -0.05) is 31.5 Å². The van der Waals surface area contributed by atoms with Crippen LogP contribution in [0.2, 0.25) is 5.15 Å². The molecular formula is C14H19ClN2. The Morgan fingerprint density at radius 1 is 1.35 bits per heavy atom. The zero-order valence-electron chi connectivity index (χ0n) is 10.7. The van der Waals surface area contributed by atoms with E-state index in [1.165, 1.54) is 11.1 Å². The van der Waals surface area contributed by atoms with Crippen molar-refractivity contribution in [3.63, 3.8) is 0 Å². The van der Waals surface area contributed by atoms with Crippen molar-refractivity contribution in [3.05, 3.63) is 34.6 Å². The Kier molecular flexibility index (Phi) is 3.85. The molecule has 1 aromatic rings. The second kappa shape index (κ2) is 5.19. The second-order valence-electron chi connectivity index (χ2n) is 5.00. The Hall–Kier alpha value is -0.860. The number of aromatic nitrogens is 1. The van der Waals surface area contributed by atoms with E-state index in [2.05, 4.69) is 42.9 Å². The van der Waals surface area contributed by atoms with Crippen LogP contribution in [0.4, 0.5) is 0 Å². The van der Waals surface area contributed by atoms with E-state index in [0.717, 1.165) is 25.2 Å². The third-order valence-electron chi connectivity index (χ3n) is 3.22.